The van der Waals surface area contributed by atoms with Crippen LogP contribution >= 0.6 is 0 Å². The number of hydrogen-bond acceptors (Lipinski definition) is 3. The SMILES string of the molecule is CC(=O)N1CC2(CCN(C(=O)c3cccc4[nH]ccc34)CC2)CC1C(=O)O. The summed E-state index contributed by atoms with van der Waals surface area (Å²) in [7, 11) is 0. The topological polar surface area (TPSA) is 93.7 Å². The average molecular weight is 369 g/mol. The highest BCUT2D eigenvalue weighted by Crippen LogP contribution is 2.43. The van der Waals surface area contributed by atoms with Gasteiger partial charge < -0.3 is 19.9 Å². The van der Waals surface area contributed by atoms with Crippen LogP contribution in [0.2, 0.25) is 0 Å². The second-order valence-electron chi connectivity index (χ2n) is 7.74. The molecule has 2 amide bonds. The minimum absolute atomic E-state index is 0.00579. The van der Waals surface area contributed by atoms with Gasteiger partial charge in [-0.25, -0.2) is 4.79 Å². The summed E-state index contributed by atoms with van der Waals surface area (Å²) in [5.74, 6) is -1.14. The summed E-state index contributed by atoms with van der Waals surface area (Å²) in [4.78, 5) is 42.8. The Kier molecular flexibility index (Phi) is 4.17. The van der Waals surface area contributed by atoms with Crippen LogP contribution in [-0.4, -0.2) is 63.4 Å². The van der Waals surface area contributed by atoms with Crippen LogP contribution in [0, 0.1) is 5.41 Å². The standard InChI is InChI=1S/C20H23N3O4/c1-13(24)23-12-20(11-17(23)19(26)27)6-9-22(10-7-20)18(25)15-3-2-4-16-14(15)5-8-21-16/h2-5,8,17,21H,6-7,9-12H2,1H3,(H,26,27). The number of benzene rings is 1. The van der Waals surface area contributed by atoms with Crippen molar-refractivity contribution in [2.24, 2.45) is 5.41 Å². The van der Waals surface area contributed by atoms with Crippen molar-refractivity contribution < 1.29 is 19.5 Å². The molecule has 2 N–H and O–H groups in total. The first-order valence-electron chi connectivity index (χ1n) is 9.26. The van der Waals surface area contributed by atoms with E-state index in [1.165, 1.54) is 11.8 Å². The third-order valence-corrected chi connectivity index (χ3v) is 6.13. The first-order valence-corrected chi connectivity index (χ1v) is 9.26. The van der Waals surface area contributed by atoms with E-state index in [1.807, 2.05) is 35.4 Å². The number of carbonyl (C=O) groups excluding carboxylic acids is 2. The van der Waals surface area contributed by atoms with E-state index in [1.54, 1.807) is 0 Å². The first-order chi connectivity index (χ1) is 12.9. The molecule has 7 nitrogen and oxygen atoms in total. The van der Waals surface area contributed by atoms with Crippen LogP contribution in [0.15, 0.2) is 30.5 Å². The molecule has 1 aromatic carbocycles. The molecule has 2 aromatic rings. The van der Waals surface area contributed by atoms with Crippen LogP contribution in [0.5, 0.6) is 0 Å². The lowest BCUT2D eigenvalue weighted by Gasteiger charge is -2.39. The summed E-state index contributed by atoms with van der Waals surface area (Å²) in [6.45, 7) is 3.05. The number of rotatable bonds is 2. The van der Waals surface area contributed by atoms with Gasteiger partial charge >= 0.3 is 5.97 Å². The van der Waals surface area contributed by atoms with Gasteiger partial charge in [0, 0.05) is 49.2 Å². The van der Waals surface area contributed by atoms with E-state index in [9.17, 15) is 19.5 Å². The number of carboxylic acid groups (broad SMARTS) is 1. The molecule has 142 valence electrons. The number of H-pyrrole nitrogens is 1. The van der Waals surface area contributed by atoms with E-state index >= 15 is 0 Å². The van der Waals surface area contributed by atoms with Gasteiger partial charge in [0.2, 0.25) is 5.91 Å². The predicted molar refractivity (Wildman–Crippen MR) is 99.3 cm³/mol. The van der Waals surface area contributed by atoms with Gasteiger partial charge in [0.05, 0.1) is 0 Å². The number of aliphatic carboxylic acids is 1. The van der Waals surface area contributed by atoms with Crippen molar-refractivity contribution in [1.82, 2.24) is 14.8 Å². The third-order valence-electron chi connectivity index (χ3n) is 6.13. The molecule has 3 heterocycles. The van der Waals surface area contributed by atoms with Gasteiger partial charge in [0.25, 0.3) is 5.91 Å². The molecule has 27 heavy (non-hydrogen) atoms. The second-order valence-corrected chi connectivity index (χ2v) is 7.74. The van der Waals surface area contributed by atoms with Crippen LogP contribution in [0.4, 0.5) is 0 Å². The van der Waals surface area contributed by atoms with Crippen molar-refractivity contribution in [1.29, 1.82) is 0 Å². The van der Waals surface area contributed by atoms with E-state index in [4.69, 9.17) is 0 Å². The minimum atomic E-state index is -0.945. The molecule has 2 aliphatic heterocycles. The molecular weight excluding hydrogens is 346 g/mol. The number of hydrogen-bond donors (Lipinski definition) is 2. The molecule has 1 spiro atoms. The number of nitrogens with one attached hydrogen (secondary N) is 1. The Morgan fingerprint density at radius 2 is 1.93 bits per heavy atom. The smallest absolute Gasteiger partial charge is 0.326 e. The van der Waals surface area contributed by atoms with Gasteiger partial charge in [0.1, 0.15) is 6.04 Å². The Morgan fingerprint density at radius 3 is 2.56 bits per heavy atom. The molecule has 0 aliphatic carbocycles. The van der Waals surface area contributed by atoms with E-state index in [2.05, 4.69) is 4.98 Å². The van der Waals surface area contributed by atoms with Gasteiger partial charge in [-0.1, -0.05) is 6.07 Å². The number of aromatic amines is 1. The van der Waals surface area contributed by atoms with Crippen molar-refractivity contribution >= 4 is 28.7 Å². The quantitative estimate of drug-likeness (QED) is 0.848. The van der Waals surface area contributed by atoms with Gasteiger partial charge in [-0.2, -0.15) is 0 Å². The van der Waals surface area contributed by atoms with Crippen molar-refractivity contribution in [2.75, 3.05) is 19.6 Å². The number of carbonyl (C=O) groups is 3. The fraction of sp³-hybridized carbons (Fsp3) is 0.450. The zero-order valence-electron chi connectivity index (χ0n) is 15.3. The number of amides is 2. The minimum Gasteiger partial charge on any atom is -0.480 e. The number of carboxylic acids is 1. The lowest BCUT2D eigenvalue weighted by atomic mass is 9.76. The average Bonchev–Trinajstić information content (AvgIpc) is 3.27. The summed E-state index contributed by atoms with van der Waals surface area (Å²) in [6.07, 6.45) is 3.73. The highest BCUT2D eigenvalue weighted by Gasteiger charge is 2.49. The van der Waals surface area contributed by atoms with E-state index < -0.39 is 12.0 Å². The summed E-state index contributed by atoms with van der Waals surface area (Å²) < 4.78 is 0. The first kappa shape index (κ1) is 17.6. The molecule has 7 heteroatoms. The molecule has 1 atom stereocenters. The monoisotopic (exact) mass is 369 g/mol. The molecule has 2 aliphatic rings. The molecule has 0 bridgehead atoms. The molecule has 1 aromatic heterocycles. The Bertz CT molecular complexity index is 887. The number of fused-ring (bicyclic) bond motifs is 1. The summed E-state index contributed by atoms with van der Waals surface area (Å²) >= 11 is 0. The Morgan fingerprint density at radius 1 is 1.19 bits per heavy atom. The summed E-state index contributed by atoms with van der Waals surface area (Å²) in [6, 6.07) is 6.82. The van der Waals surface area contributed by atoms with Crippen molar-refractivity contribution in [3.63, 3.8) is 0 Å². The molecule has 4 rings (SSSR count). The molecule has 2 fully saturated rings. The van der Waals surface area contributed by atoms with Gasteiger partial charge in [0.15, 0.2) is 0 Å². The number of piperidine rings is 1. The molecule has 2 saturated heterocycles. The van der Waals surface area contributed by atoms with Crippen molar-refractivity contribution in [3.8, 4) is 0 Å². The normalized spacial score (nSPS) is 21.7. The highest BCUT2D eigenvalue weighted by atomic mass is 16.4. The Labute approximate surface area is 156 Å². The van der Waals surface area contributed by atoms with Gasteiger partial charge in [-0.3, -0.25) is 9.59 Å². The van der Waals surface area contributed by atoms with E-state index in [0.717, 1.165) is 23.7 Å². The maximum Gasteiger partial charge on any atom is 0.326 e. The van der Waals surface area contributed by atoms with Crippen LogP contribution in [0.1, 0.15) is 36.5 Å². The van der Waals surface area contributed by atoms with Gasteiger partial charge in [-0.05, 0) is 42.9 Å². The number of likely N-dealkylation sites (tertiary alicyclic amines) is 2. The lowest BCUT2D eigenvalue weighted by molar-refractivity contribution is -0.147. The van der Waals surface area contributed by atoms with Crippen molar-refractivity contribution in [2.45, 2.75) is 32.2 Å². The molecule has 0 radical (unpaired) electrons. The van der Waals surface area contributed by atoms with Gasteiger partial charge in [-0.15, -0.1) is 0 Å². The number of nitrogens with zero attached hydrogens (tertiary/aromatic N) is 2. The zero-order valence-corrected chi connectivity index (χ0v) is 15.3. The third kappa shape index (κ3) is 2.97. The van der Waals surface area contributed by atoms with Crippen LogP contribution in [0.25, 0.3) is 10.9 Å². The molecular formula is C20H23N3O4. The number of aromatic nitrogens is 1. The highest BCUT2D eigenvalue weighted by molar-refractivity contribution is 6.06. The fourth-order valence-electron chi connectivity index (χ4n) is 4.60. The van der Waals surface area contributed by atoms with Crippen LogP contribution in [-0.2, 0) is 9.59 Å². The van der Waals surface area contributed by atoms with Crippen molar-refractivity contribution in [3.05, 3.63) is 36.0 Å². The summed E-state index contributed by atoms with van der Waals surface area (Å²) in [5.41, 5.74) is 1.42. The maximum absolute atomic E-state index is 13.0. The summed E-state index contributed by atoms with van der Waals surface area (Å²) in [5, 5.41) is 10.4. The van der Waals surface area contributed by atoms with E-state index in [-0.39, 0.29) is 17.2 Å². The second kappa shape index (κ2) is 6.40. The molecule has 1 unspecified atom stereocenters. The molecule has 0 saturated carbocycles. The zero-order chi connectivity index (χ0) is 19.2. The van der Waals surface area contributed by atoms with Crippen LogP contribution in [0.3, 0.4) is 0 Å². The Balaban J connectivity index is 1.49. The fourth-order valence-corrected chi connectivity index (χ4v) is 4.60. The predicted octanol–water partition coefficient (Wildman–Crippen LogP) is 2.10. The van der Waals surface area contributed by atoms with Crippen LogP contribution < -0.4 is 0 Å². The van der Waals surface area contributed by atoms with E-state index in [0.29, 0.717) is 31.6 Å². The lowest BCUT2D eigenvalue weighted by Crippen LogP contribution is -2.44. The largest absolute Gasteiger partial charge is 0.480 e. The Hall–Kier alpha value is -2.83. The maximum atomic E-state index is 13.0.